The molecule has 0 heterocycles. The first kappa shape index (κ1) is 21.4. The van der Waals surface area contributed by atoms with Crippen LogP contribution in [0.1, 0.15) is 102 Å². The van der Waals surface area contributed by atoms with Gasteiger partial charge in [-0.05, 0) is 66.8 Å². The zero-order valence-electron chi connectivity index (χ0n) is 18.9. The van der Waals surface area contributed by atoms with Gasteiger partial charge in [0.1, 0.15) is 6.17 Å². The first-order valence-electron chi connectivity index (χ1n) is 12.8. The van der Waals surface area contributed by atoms with Crippen molar-refractivity contribution >= 4 is 0 Å². The third kappa shape index (κ3) is 5.65. The van der Waals surface area contributed by atoms with E-state index in [1.165, 1.54) is 76.2 Å². The van der Waals surface area contributed by atoms with Crippen LogP contribution in [-0.4, -0.2) is 6.17 Å². The van der Waals surface area contributed by atoms with E-state index in [9.17, 15) is 0 Å². The molecule has 0 spiro atoms. The monoisotopic (exact) mass is 398 g/mol. The molecule has 4 unspecified atom stereocenters. The van der Waals surface area contributed by atoms with Gasteiger partial charge in [0.2, 0.25) is 0 Å². The predicted molar refractivity (Wildman–Crippen MR) is 122 cm³/mol. The van der Waals surface area contributed by atoms with Gasteiger partial charge in [0.05, 0.1) is 0 Å². The van der Waals surface area contributed by atoms with E-state index in [1.54, 1.807) is 0 Å². The van der Waals surface area contributed by atoms with Crippen molar-refractivity contribution in [2.45, 2.75) is 103 Å². The van der Waals surface area contributed by atoms with E-state index >= 15 is 4.39 Å². The summed E-state index contributed by atoms with van der Waals surface area (Å²) in [4.78, 5) is 0. The van der Waals surface area contributed by atoms with Gasteiger partial charge in [-0.3, -0.25) is 0 Å². The molecule has 0 saturated heterocycles. The number of rotatable bonds is 5. The van der Waals surface area contributed by atoms with Crippen molar-refractivity contribution in [3.63, 3.8) is 0 Å². The van der Waals surface area contributed by atoms with Gasteiger partial charge in [-0.15, -0.1) is 0 Å². The van der Waals surface area contributed by atoms with Crippen LogP contribution in [-0.2, 0) is 0 Å². The fourth-order valence-corrected chi connectivity index (χ4v) is 7.21. The lowest BCUT2D eigenvalue weighted by atomic mass is 9.67. The Labute approximate surface area is 179 Å². The predicted octanol–water partition coefficient (Wildman–Crippen LogP) is 8.57. The number of halogens is 1. The van der Waals surface area contributed by atoms with Crippen LogP contribution in [0.25, 0.3) is 0 Å². The van der Waals surface area contributed by atoms with E-state index in [0.29, 0.717) is 11.8 Å². The van der Waals surface area contributed by atoms with E-state index in [4.69, 9.17) is 0 Å². The van der Waals surface area contributed by atoms with Crippen LogP contribution in [0.2, 0.25) is 0 Å². The van der Waals surface area contributed by atoms with Crippen LogP contribution in [0.4, 0.5) is 4.39 Å². The SMILES string of the molecule is CC1CCC(CC2CCC(CC3CC(C)C(c4ccccc4)C(F)C3)CC2)CC1. The molecule has 0 aliphatic heterocycles. The molecule has 3 aliphatic rings. The highest BCUT2D eigenvalue weighted by Crippen LogP contribution is 2.46. The fraction of sp³-hybridized carbons (Fsp3) is 0.786. The number of hydrogen-bond acceptors (Lipinski definition) is 0. The molecular weight excluding hydrogens is 355 g/mol. The van der Waals surface area contributed by atoms with Crippen molar-refractivity contribution in [1.29, 1.82) is 0 Å². The zero-order chi connectivity index (χ0) is 20.2. The van der Waals surface area contributed by atoms with Crippen molar-refractivity contribution in [2.24, 2.45) is 35.5 Å². The largest absolute Gasteiger partial charge is 0.247 e. The normalized spacial score (nSPS) is 41.2. The molecule has 1 aromatic rings. The topological polar surface area (TPSA) is 0 Å². The Balaban J connectivity index is 1.21. The summed E-state index contributed by atoms with van der Waals surface area (Å²) in [6.07, 6.45) is 15.8. The molecule has 1 aromatic carbocycles. The minimum atomic E-state index is -0.656. The first-order chi connectivity index (χ1) is 14.1. The lowest BCUT2D eigenvalue weighted by Gasteiger charge is -2.40. The zero-order valence-corrected chi connectivity index (χ0v) is 18.9. The Morgan fingerprint density at radius 2 is 1.21 bits per heavy atom. The molecule has 4 atom stereocenters. The highest BCUT2D eigenvalue weighted by molar-refractivity contribution is 5.22. The Morgan fingerprint density at radius 1 is 0.690 bits per heavy atom. The van der Waals surface area contributed by atoms with Crippen LogP contribution in [0.5, 0.6) is 0 Å². The molecule has 0 radical (unpaired) electrons. The van der Waals surface area contributed by atoms with E-state index < -0.39 is 6.17 Å². The maximum absolute atomic E-state index is 15.1. The third-order valence-corrected chi connectivity index (χ3v) is 8.89. The third-order valence-electron chi connectivity index (χ3n) is 8.89. The van der Waals surface area contributed by atoms with Crippen molar-refractivity contribution < 1.29 is 4.39 Å². The lowest BCUT2D eigenvalue weighted by molar-refractivity contribution is 0.0994. The van der Waals surface area contributed by atoms with Gasteiger partial charge >= 0.3 is 0 Å². The van der Waals surface area contributed by atoms with Gasteiger partial charge in [-0.1, -0.05) is 95.5 Å². The lowest BCUT2D eigenvalue weighted by Crippen LogP contribution is -2.32. The second-order valence-corrected chi connectivity index (χ2v) is 11.3. The highest BCUT2D eigenvalue weighted by atomic mass is 19.1. The standard InChI is InChI=1S/C28H43F/c1-20-8-10-22(11-9-20)17-23-12-14-24(15-13-23)18-25-16-21(2)28(27(29)19-25)26-6-4-3-5-7-26/h3-7,20-25,27-28H,8-19H2,1-2H3. The van der Waals surface area contributed by atoms with Crippen LogP contribution >= 0.6 is 0 Å². The van der Waals surface area contributed by atoms with E-state index in [-0.39, 0.29) is 5.92 Å². The average Bonchev–Trinajstić information content (AvgIpc) is 2.71. The molecule has 4 rings (SSSR count). The number of alkyl halides is 1. The Bertz CT molecular complexity index is 582. The molecule has 0 bridgehead atoms. The maximum Gasteiger partial charge on any atom is 0.107 e. The average molecular weight is 399 g/mol. The fourth-order valence-electron chi connectivity index (χ4n) is 7.21. The molecule has 0 amide bonds. The van der Waals surface area contributed by atoms with Crippen LogP contribution < -0.4 is 0 Å². The minimum absolute atomic E-state index is 0.112. The second-order valence-electron chi connectivity index (χ2n) is 11.3. The van der Waals surface area contributed by atoms with E-state index in [1.807, 2.05) is 6.07 Å². The van der Waals surface area contributed by atoms with Gasteiger partial charge < -0.3 is 0 Å². The summed E-state index contributed by atoms with van der Waals surface area (Å²) in [5, 5.41) is 0. The summed E-state index contributed by atoms with van der Waals surface area (Å²) in [5.74, 6) is 5.05. The molecule has 3 saturated carbocycles. The summed E-state index contributed by atoms with van der Waals surface area (Å²) in [6.45, 7) is 4.72. The molecule has 1 heteroatoms. The first-order valence-corrected chi connectivity index (χ1v) is 12.8. The minimum Gasteiger partial charge on any atom is -0.247 e. The molecule has 0 aromatic heterocycles. The van der Waals surface area contributed by atoms with Gasteiger partial charge in [0.25, 0.3) is 0 Å². The van der Waals surface area contributed by atoms with Gasteiger partial charge in [-0.25, -0.2) is 4.39 Å². The van der Waals surface area contributed by atoms with Crippen LogP contribution in [0, 0.1) is 35.5 Å². The summed E-state index contributed by atoms with van der Waals surface area (Å²) >= 11 is 0. The number of benzene rings is 1. The van der Waals surface area contributed by atoms with Crippen molar-refractivity contribution in [2.75, 3.05) is 0 Å². The van der Waals surface area contributed by atoms with Gasteiger partial charge in [-0.2, -0.15) is 0 Å². The van der Waals surface area contributed by atoms with Crippen LogP contribution in [0.15, 0.2) is 30.3 Å². The van der Waals surface area contributed by atoms with Crippen molar-refractivity contribution in [3.8, 4) is 0 Å². The molecule has 162 valence electrons. The van der Waals surface area contributed by atoms with Crippen LogP contribution in [0.3, 0.4) is 0 Å². The van der Waals surface area contributed by atoms with Gasteiger partial charge in [0.15, 0.2) is 0 Å². The maximum atomic E-state index is 15.1. The smallest absolute Gasteiger partial charge is 0.107 e. The van der Waals surface area contributed by atoms with E-state index in [2.05, 4.69) is 38.1 Å². The molecule has 0 N–H and O–H groups in total. The Morgan fingerprint density at radius 3 is 1.76 bits per heavy atom. The summed E-state index contributed by atoms with van der Waals surface area (Å²) in [7, 11) is 0. The summed E-state index contributed by atoms with van der Waals surface area (Å²) in [6, 6.07) is 10.4. The molecule has 29 heavy (non-hydrogen) atoms. The molecule has 3 fully saturated rings. The highest BCUT2D eigenvalue weighted by Gasteiger charge is 2.37. The summed E-state index contributed by atoms with van der Waals surface area (Å²) < 4.78 is 15.1. The van der Waals surface area contributed by atoms with Gasteiger partial charge in [0, 0.05) is 5.92 Å². The summed E-state index contributed by atoms with van der Waals surface area (Å²) in [5.41, 5.74) is 1.21. The molecule has 3 aliphatic carbocycles. The Hall–Kier alpha value is -0.850. The second kappa shape index (κ2) is 9.97. The number of hydrogen-bond donors (Lipinski definition) is 0. The molecular formula is C28H43F. The Kier molecular flexibility index (Phi) is 7.35. The quantitative estimate of drug-likeness (QED) is 0.466. The van der Waals surface area contributed by atoms with E-state index in [0.717, 1.165) is 30.1 Å². The van der Waals surface area contributed by atoms with Crippen molar-refractivity contribution in [1.82, 2.24) is 0 Å². The molecule has 0 nitrogen and oxygen atoms in total. The van der Waals surface area contributed by atoms with Crippen molar-refractivity contribution in [3.05, 3.63) is 35.9 Å².